The standard InChI is InChI=1S/C19H24N6O/c1-14(26)25-11-5-16-17(13-25)22-18(15-3-7-21-8-4-15)23-19(16)24-10-2-6-20-9-12-24/h3-4,7-8,20H,2,5-6,9-13H2,1H3. The van der Waals surface area contributed by atoms with Gasteiger partial charge < -0.3 is 15.1 Å². The van der Waals surface area contributed by atoms with Gasteiger partial charge in [0, 0.05) is 56.6 Å². The largest absolute Gasteiger partial charge is 0.355 e. The molecular formula is C19H24N6O. The van der Waals surface area contributed by atoms with Crippen molar-refractivity contribution in [2.75, 3.05) is 37.6 Å². The van der Waals surface area contributed by atoms with Crippen molar-refractivity contribution in [1.29, 1.82) is 0 Å². The zero-order valence-corrected chi connectivity index (χ0v) is 15.1. The van der Waals surface area contributed by atoms with Crippen LogP contribution in [0.1, 0.15) is 24.6 Å². The van der Waals surface area contributed by atoms with E-state index in [-0.39, 0.29) is 5.91 Å². The predicted octanol–water partition coefficient (Wildman–Crippen LogP) is 1.24. The minimum atomic E-state index is 0.0974. The van der Waals surface area contributed by atoms with Crippen molar-refractivity contribution in [3.05, 3.63) is 35.8 Å². The average molecular weight is 352 g/mol. The third-order valence-electron chi connectivity index (χ3n) is 5.07. The van der Waals surface area contributed by atoms with Crippen molar-refractivity contribution in [3.8, 4) is 11.4 Å². The van der Waals surface area contributed by atoms with Crippen LogP contribution in [0.15, 0.2) is 24.5 Å². The van der Waals surface area contributed by atoms with Gasteiger partial charge in [0.25, 0.3) is 0 Å². The molecule has 7 heteroatoms. The molecular weight excluding hydrogens is 328 g/mol. The molecule has 0 aromatic carbocycles. The van der Waals surface area contributed by atoms with Crippen molar-refractivity contribution < 1.29 is 4.79 Å². The smallest absolute Gasteiger partial charge is 0.219 e. The number of carbonyl (C=O) groups excluding carboxylic acids is 1. The number of nitrogens with zero attached hydrogens (tertiary/aromatic N) is 5. The Balaban J connectivity index is 1.78. The monoisotopic (exact) mass is 352 g/mol. The van der Waals surface area contributed by atoms with Crippen LogP contribution in [0.3, 0.4) is 0 Å². The predicted molar refractivity (Wildman–Crippen MR) is 99.8 cm³/mol. The lowest BCUT2D eigenvalue weighted by Gasteiger charge is -2.32. The molecule has 1 N–H and O–H groups in total. The second-order valence-electron chi connectivity index (χ2n) is 6.81. The van der Waals surface area contributed by atoms with Gasteiger partial charge in [0.1, 0.15) is 5.82 Å². The molecule has 0 spiro atoms. The molecule has 1 saturated heterocycles. The van der Waals surface area contributed by atoms with Crippen molar-refractivity contribution >= 4 is 11.7 Å². The van der Waals surface area contributed by atoms with E-state index in [9.17, 15) is 4.79 Å². The number of hydrogen-bond donors (Lipinski definition) is 1. The minimum absolute atomic E-state index is 0.0974. The molecule has 0 bridgehead atoms. The van der Waals surface area contributed by atoms with Crippen LogP contribution in [0.2, 0.25) is 0 Å². The van der Waals surface area contributed by atoms with Gasteiger partial charge in [-0.1, -0.05) is 0 Å². The van der Waals surface area contributed by atoms with Gasteiger partial charge in [-0.3, -0.25) is 9.78 Å². The molecule has 7 nitrogen and oxygen atoms in total. The summed E-state index contributed by atoms with van der Waals surface area (Å²) in [6.45, 7) is 6.85. The van der Waals surface area contributed by atoms with Crippen LogP contribution in [0.4, 0.5) is 5.82 Å². The van der Waals surface area contributed by atoms with Crippen LogP contribution < -0.4 is 10.2 Å². The van der Waals surface area contributed by atoms with Crippen LogP contribution >= 0.6 is 0 Å². The van der Waals surface area contributed by atoms with Gasteiger partial charge in [-0.15, -0.1) is 0 Å². The Hall–Kier alpha value is -2.54. The van der Waals surface area contributed by atoms with E-state index in [1.807, 2.05) is 17.0 Å². The molecule has 0 atom stereocenters. The number of hydrogen-bond acceptors (Lipinski definition) is 6. The van der Waals surface area contributed by atoms with Crippen molar-refractivity contribution in [2.24, 2.45) is 0 Å². The van der Waals surface area contributed by atoms with Gasteiger partial charge in [-0.2, -0.15) is 0 Å². The fraction of sp³-hybridized carbons (Fsp3) is 0.474. The first-order chi connectivity index (χ1) is 12.7. The number of aromatic nitrogens is 3. The first-order valence-corrected chi connectivity index (χ1v) is 9.24. The maximum absolute atomic E-state index is 11.9. The highest BCUT2D eigenvalue weighted by atomic mass is 16.2. The van der Waals surface area contributed by atoms with E-state index in [1.165, 1.54) is 5.56 Å². The summed E-state index contributed by atoms with van der Waals surface area (Å²) in [4.78, 5) is 29.9. The Kier molecular flexibility index (Phi) is 4.79. The van der Waals surface area contributed by atoms with E-state index >= 15 is 0 Å². The summed E-state index contributed by atoms with van der Waals surface area (Å²) in [5, 5.41) is 3.45. The van der Waals surface area contributed by atoms with Gasteiger partial charge in [0.15, 0.2) is 5.82 Å². The summed E-state index contributed by atoms with van der Waals surface area (Å²) in [6.07, 6.45) is 5.43. The summed E-state index contributed by atoms with van der Waals surface area (Å²) < 4.78 is 0. The summed E-state index contributed by atoms with van der Waals surface area (Å²) in [7, 11) is 0. The second kappa shape index (κ2) is 7.37. The summed E-state index contributed by atoms with van der Waals surface area (Å²) in [5.74, 6) is 1.85. The molecule has 0 unspecified atom stereocenters. The van der Waals surface area contributed by atoms with E-state index in [2.05, 4.69) is 15.2 Å². The molecule has 26 heavy (non-hydrogen) atoms. The number of nitrogens with one attached hydrogen (secondary N) is 1. The fourth-order valence-electron chi connectivity index (χ4n) is 3.63. The molecule has 0 aliphatic carbocycles. The molecule has 4 rings (SSSR count). The molecule has 0 radical (unpaired) electrons. The van der Waals surface area contributed by atoms with Gasteiger partial charge in [0.05, 0.1) is 12.2 Å². The number of carbonyl (C=O) groups is 1. The molecule has 0 saturated carbocycles. The lowest BCUT2D eigenvalue weighted by molar-refractivity contribution is -0.129. The quantitative estimate of drug-likeness (QED) is 0.877. The zero-order valence-electron chi connectivity index (χ0n) is 15.1. The third kappa shape index (κ3) is 3.39. The zero-order chi connectivity index (χ0) is 17.9. The number of anilines is 1. The lowest BCUT2D eigenvalue weighted by Crippen LogP contribution is -2.37. The number of pyridine rings is 1. The van der Waals surface area contributed by atoms with Gasteiger partial charge >= 0.3 is 0 Å². The van der Waals surface area contributed by atoms with Crippen molar-refractivity contribution in [2.45, 2.75) is 26.3 Å². The van der Waals surface area contributed by atoms with Crippen LogP contribution in [0.5, 0.6) is 0 Å². The van der Waals surface area contributed by atoms with Crippen molar-refractivity contribution in [1.82, 2.24) is 25.2 Å². The van der Waals surface area contributed by atoms with Crippen LogP contribution in [-0.2, 0) is 17.8 Å². The summed E-state index contributed by atoms with van der Waals surface area (Å²) in [6, 6.07) is 3.86. The molecule has 1 fully saturated rings. The Morgan fingerprint density at radius 2 is 1.96 bits per heavy atom. The highest BCUT2D eigenvalue weighted by molar-refractivity contribution is 5.74. The average Bonchev–Trinajstić information content (AvgIpc) is 2.96. The number of rotatable bonds is 2. The Morgan fingerprint density at radius 1 is 1.12 bits per heavy atom. The topological polar surface area (TPSA) is 74.2 Å². The normalized spacial score (nSPS) is 17.6. The third-order valence-corrected chi connectivity index (χ3v) is 5.07. The molecule has 136 valence electrons. The lowest BCUT2D eigenvalue weighted by atomic mass is 10.0. The van der Waals surface area contributed by atoms with E-state index in [4.69, 9.17) is 9.97 Å². The van der Waals surface area contributed by atoms with Gasteiger partial charge in [-0.05, 0) is 31.5 Å². The Labute approximate surface area is 153 Å². The maximum Gasteiger partial charge on any atom is 0.219 e. The Morgan fingerprint density at radius 3 is 2.77 bits per heavy atom. The molecule has 2 aliphatic rings. The first kappa shape index (κ1) is 16.9. The first-order valence-electron chi connectivity index (χ1n) is 9.24. The van der Waals surface area contributed by atoms with E-state index < -0.39 is 0 Å². The molecule has 2 aliphatic heterocycles. The SMILES string of the molecule is CC(=O)N1CCc2c(nc(-c3ccncc3)nc2N2CCCNCC2)C1. The molecule has 4 heterocycles. The Bertz CT molecular complexity index is 786. The minimum Gasteiger partial charge on any atom is -0.355 e. The highest BCUT2D eigenvalue weighted by Crippen LogP contribution is 2.29. The second-order valence-corrected chi connectivity index (χ2v) is 6.81. The van der Waals surface area contributed by atoms with Crippen LogP contribution in [-0.4, -0.2) is 58.5 Å². The van der Waals surface area contributed by atoms with Crippen LogP contribution in [0.25, 0.3) is 11.4 Å². The maximum atomic E-state index is 11.9. The number of fused-ring (bicyclic) bond motifs is 1. The summed E-state index contributed by atoms with van der Waals surface area (Å²) >= 11 is 0. The summed E-state index contributed by atoms with van der Waals surface area (Å²) in [5.41, 5.74) is 3.12. The molecule has 2 aromatic rings. The fourth-order valence-corrected chi connectivity index (χ4v) is 3.63. The highest BCUT2D eigenvalue weighted by Gasteiger charge is 2.26. The number of amides is 1. The molecule has 1 amide bonds. The van der Waals surface area contributed by atoms with Gasteiger partial charge in [0.2, 0.25) is 5.91 Å². The van der Waals surface area contributed by atoms with Crippen LogP contribution in [0, 0.1) is 0 Å². The van der Waals surface area contributed by atoms with E-state index in [0.717, 1.165) is 62.6 Å². The van der Waals surface area contributed by atoms with Crippen molar-refractivity contribution in [3.63, 3.8) is 0 Å². The van der Waals surface area contributed by atoms with E-state index in [1.54, 1.807) is 19.3 Å². The molecule has 2 aromatic heterocycles. The van der Waals surface area contributed by atoms with E-state index in [0.29, 0.717) is 12.4 Å². The van der Waals surface area contributed by atoms with Gasteiger partial charge in [-0.25, -0.2) is 9.97 Å².